The Kier molecular flexibility index (Phi) is 4.23. The summed E-state index contributed by atoms with van der Waals surface area (Å²) in [6.07, 6.45) is 6.19. The van der Waals surface area contributed by atoms with Crippen LogP contribution in [0.15, 0.2) is 23.1 Å². The van der Waals surface area contributed by atoms with Gasteiger partial charge in [-0.25, -0.2) is 0 Å². The molecule has 0 aromatic heterocycles. The van der Waals surface area contributed by atoms with E-state index in [2.05, 4.69) is 38.3 Å². The summed E-state index contributed by atoms with van der Waals surface area (Å²) < 4.78 is 0. The molecule has 0 aliphatic carbocycles. The molecular formula is C12H17NS. The van der Waals surface area contributed by atoms with Crippen LogP contribution in [0.3, 0.4) is 0 Å². The third kappa shape index (κ3) is 2.63. The fourth-order valence-electron chi connectivity index (χ4n) is 1.34. The van der Waals surface area contributed by atoms with Gasteiger partial charge >= 0.3 is 0 Å². The Morgan fingerprint density at radius 3 is 2.64 bits per heavy atom. The zero-order valence-corrected chi connectivity index (χ0v) is 9.82. The van der Waals surface area contributed by atoms with Crippen LogP contribution in [0.2, 0.25) is 0 Å². The van der Waals surface area contributed by atoms with Crippen molar-refractivity contribution in [2.45, 2.75) is 18.7 Å². The third-order valence-electron chi connectivity index (χ3n) is 2.35. The number of hydrogen-bond donors (Lipinski definition) is 1. The van der Waals surface area contributed by atoms with Crippen LogP contribution in [0.4, 0.5) is 0 Å². The number of rotatable bonds is 3. The Bertz CT molecular complexity index is 342. The summed E-state index contributed by atoms with van der Waals surface area (Å²) >= 11 is 1.77. The van der Waals surface area contributed by atoms with Gasteiger partial charge < -0.3 is 5.73 Å². The minimum atomic E-state index is 0.599. The monoisotopic (exact) mass is 207 g/mol. The van der Waals surface area contributed by atoms with Gasteiger partial charge in [0, 0.05) is 11.4 Å². The summed E-state index contributed by atoms with van der Waals surface area (Å²) in [6.45, 7) is 4.90. The van der Waals surface area contributed by atoms with Crippen molar-refractivity contribution in [3.8, 4) is 0 Å². The Labute approximate surface area is 90.4 Å². The highest BCUT2D eigenvalue weighted by atomic mass is 32.2. The molecule has 0 aliphatic rings. The lowest BCUT2D eigenvalue weighted by atomic mass is 10.0. The largest absolute Gasteiger partial charge is 0.327 e. The zero-order valence-electron chi connectivity index (χ0n) is 9.00. The maximum Gasteiger partial charge on any atom is 0.0110 e. The molecule has 2 heteroatoms. The van der Waals surface area contributed by atoms with E-state index in [1.165, 1.54) is 21.6 Å². The van der Waals surface area contributed by atoms with Crippen LogP contribution in [-0.4, -0.2) is 12.8 Å². The van der Waals surface area contributed by atoms with Gasteiger partial charge in [-0.05, 0) is 48.9 Å². The second kappa shape index (κ2) is 5.23. The van der Waals surface area contributed by atoms with Gasteiger partial charge in [-0.15, -0.1) is 11.8 Å². The first-order chi connectivity index (χ1) is 6.69. The molecule has 2 N–H and O–H groups in total. The Balaban J connectivity index is 3.13. The SMILES string of the molecule is CSc1cc(C)c(C)c(/C=C/CN)c1. The second-order valence-corrected chi connectivity index (χ2v) is 4.18. The van der Waals surface area contributed by atoms with Crippen molar-refractivity contribution >= 4 is 17.8 Å². The lowest BCUT2D eigenvalue weighted by Crippen LogP contribution is -1.93. The third-order valence-corrected chi connectivity index (χ3v) is 3.06. The summed E-state index contributed by atoms with van der Waals surface area (Å²) in [4.78, 5) is 1.31. The smallest absolute Gasteiger partial charge is 0.0110 e. The number of hydrogen-bond acceptors (Lipinski definition) is 2. The molecule has 0 amide bonds. The second-order valence-electron chi connectivity index (χ2n) is 3.30. The van der Waals surface area contributed by atoms with E-state index in [0.29, 0.717) is 6.54 Å². The van der Waals surface area contributed by atoms with E-state index < -0.39 is 0 Å². The molecule has 0 aliphatic heterocycles. The zero-order chi connectivity index (χ0) is 10.6. The van der Waals surface area contributed by atoms with Gasteiger partial charge in [0.15, 0.2) is 0 Å². The van der Waals surface area contributed by atoms with Gasteiger partial charge in [-0.1, -0.05) is 12.2 Å². The average Bonchev–Trinajstić information content (AvgIpc) is 2.20. The molecule has 1 rings (SSSR count). The van der Waals surface area contributed by atoms with Crippen LogP contribution in [0.25, 0.3) is 6.08 Å². The van der Waals surface area contributed by atoms with Crippen molar-refractivity contribution in [2.24, 2.45) is 5.73 Å². The molecule has 0 fully saturated rings. The van der Waals surface area contributed by atoms with E-state index in [0.717, 1.165) is 0 Å². The van der Waals surface area contributed by atoms with Crippen LogP contribution in [0, 0.1) is 13.8 Å². The molecular weight excluding hydrogens is 190 g/mol. The average molecular weight is 207 g/mol. The van der Waals surface area contributed by atoms with Gasteiger partial charge in [-0.3, -0.25) is 0 Å². The molecule has 0 spiro atoms. The van der Waals surface area contributed by atoms with Crippen LogP contribution in [0.5, 0.6) is 0 Å². The normalized spacial score (nSPS) is 11.1. The molecule has 1 aromatic rings. The fourth-order valence-corrected chi connectivity index (χ4v) is 1.88. The first-order valence-electron chi connectivity index (χ1n) is 4.71. The number of aryl methyl sites for hydroxylation is 1. The summed E-state index contributed by atoms with van der Waals surface area (Å²) in [5.41, 5.74) is 9.40. The van der Waals surface area contributed by atoms with Crippen molar-refractivity contribution in [1.29, 1.82) is 0 Å². The highest BCUT2D eigenvalue weighted by molar-refractivity contribution is 7.98. The van der Waals surface area contributed by atoms with E-state index in [-0.39, 0.29) is 0 Å². The van der Waals surface area contributed by atoms with E-state index in [4.69, 9.17) is 5.73 Å². The van der Waals surface area contributed by atoms with Crippen LogP contribution in [-0.2, 0) is 0 Å². The van der Waals surface area contributed by atoms with Crippen molar-refractivity contribution in [2.75, 3.05) is 12.8 Å². The van der Waals surface area contributed by atoms with E-state index in [1.807, 2.05) is 6.08 Å². The van der Waals surface area contributed by atoms with Gasteiger partial charge in [0.2, 0.25) is 0 Å². The summed E-state index contributed by atoms with van der Waals surface area (Å²) in [5.74, 6) is 0. The predicted molar refractivity (Wildman–Crippen MR) is 65.8 cm³/mol. The first kappa shape index (κ1) is 11.3. The first-order valence-corrected chi connectivity index (χ1v) is 5.93. The molecule has 0 unspecified atom stereocenters. The van der Waals surface area contributed by atoms with Gasteiger partial charge in [-0.2, -0.15) is 0 Å². The molecule has 14 heavy (non-hydrogen) atoms. The van der Waals surface area contributed by atoms with Crippen molar-refractivity contribution < 1.29 is 0 Å². The minimum Gasteiger partial charge on any atom is -0.327 e. The molecule has 0 radical (unpaired) electrons. The van der Waals surface area contributed by atoms with E-state index in [1.54, 1.807) is 11.8 Å². The number of benzene rings is 1. The van der Waals surface area contributed by atoms with E-state index in [9.17, 15) is 0 Å². The fraction of sp³-hybridized carbons (Fsp3) is 0.333. The predicted octanol–water partition coefficient (Wildman–Crippen LogP) is 3.00. The molecule has 1 aromatic carbocycles. The Morgan fingerprint density at radius 2 is 2.07 bits per heavy atom. The molecule has 1 nitrogen and oxygen atoms in total. The summed E-state index contributed by atoms with van der Waals surface area (Å²) in [5, 5.41) is 0. The van der Waals surface area contributed by atoms with Crippen LogP contribution >= 0.6 is 11.8 Å². The number of thioether (sulfide) groups is 1. The maximum atomic E-state index is 5.44. The quantitative estimate of drug-likeness (QED) is 0.771. The highest BCUT2D eigenvalue weighted by Gasteiger charge is 2.00. The van der Waals surface area contributed by atoms with E-state index >= 15 is 0 Å². The molecule has 0 bridgehead atoms. The highest BCUT2D eigenvalue weighted by Crippen LogP contribution is 2.23. The minimum absolute atomic E-state index is 0.599. The molecule has 0 atom stereocenters. The lowest BCUT2D eigenvalue weighted by Gasteiger charge is -2.07. The van der Waals surface area contributed by atoms with Gasteiger partial charge in [0.25, 0.3) is 0 Å². The Morgan fingerprint density at radius 1 is 1.36 bits per heavy atom. The topological polar surface area (TPSA) is 26.0 Å². The van der Waals surface area contributed by atoms with Gasteiger partial charge in [0.1, 0.15) is 0 Å². The van der Waals surface area contributed by atoms with Crippen molar-refractivity contribution in [3.63, 3.8) is 0 Å². The van der Waals surface area contributed by atoms with Crippen molar-refractivity contribution in [1.82, 2.24) is 0 Å². The van der Waals surface area contributed by atoms with Crippen LogP contribution in [0.1, 0.15) is 16.7 Å². The number of nitrogens with two attached hydrogens (primary N) is 1. The van der Waals surface area contributed by atoms with Crippen LogP contribution < -0.4 is 5.73 Å². The summed E-state index contributed by atoms with van der Waals surface area (Å²) in [6, 6.07) is 4.43. The molecule has 0 saturated heterocycles. The molecule has 76 valence electrons. The maximum absolute atomic E-state index is 5.44. The summed E-state index contributed by atoms with van der Waals surface area (Å²) in [7, 11) is 0. The Hall–Kier alpha value is -0.730. The standard InChI is InChI=1S/C12H17NS/c1-9-7-12(14-3)8-11(10(9)2)5-4-6-13/h4-5,7-8H,6,13H2,1-3H3/b5-4+. The van der Waals surface area contributed by atoms with Crippen molar-refractivity contribution in [3.05, 3.63) is 34.9 Å². The molecule has 0 saturated carbocycles. The van der Waals surface area contributed by atoms with Gasteiger partial charge in [0.05, 0.1) is 0 Å². The molecule has 0 heterocycles. The lowest BCUT2D eigenvalue weighted by molar-refractivity contribution is 1.24.